The Hall–Kier alpha value is -3.92. The molecule has 2 aromatic rings. The van der Waals surface area contributed by atoms with Crippen molar-refractivity contribution in [2.45, 2.75) is 64.9 Å². The lowest BCUT2D eigenvalue weighted by Gasteiger charge is -2.23. The van der Waals surface area contributed by atoms with E-state index < -0.39 is 17.9 Å². The molecule has 10 nitrogen and oxygen atoms in total. The van der Waals surface area contributed by atoms with Crippen LogP contribution in [0.5, 0.6) is 5.75 Å². The Morgan fingerprint density at radius 3 is 2.52 bits per heavy atom. The molecule has 40 heavy (non-hydrogen) atoms. The molecule has 0 radical (unpaired) electrons. The van der Waals surface area contributed by atoms with Gasteiger partial charge in [0.1, 0.15) is 5.75 Å². The molecule has 3 rings (SSSR count). The predicted octanol–water partition coefficient (Wildman–Crippen LogP) is 3.16. The Morgan fingerprint density at radius 1 is 1.12 bits per heavy atom. The van der Waals surface area contributed by atoms with E-state index in [4.69, 9.17) is 4.74 Å². The molecule has 0 spiro atoms. The molecule has 0 aliphatic carbocycles. The average Bonchev–Trinajstić information content (AvgIpc) is 2.87. The van der Waals surface area contributed by atoms with Gasteiger partial charge in [-0.25, -0.2) is 0 Å². The summed E-state index contributed by atoms with van der Waals surface area (Å²) in [6.07, 6.45) is -0.468. The number of benzene rings is 2. The number of aryl methyl sites for hydroxylation is 1. The number of ketones is 1. The van der Waals surface area contributed by atoms with Crippen molar-refractivity contribution in [1.29, 1.82) is 0 Å². The second-order valence-corrected chi connectivity index (χ2v) is 11.1. The first kappa shape index (κ1) is 30.6. The van der Waals surface area contributed by atoms with Gasteiger partial charge in [0.25, 0.3) is 5.91 Å². The Kier molecular flexibility index (Phi) is 10.3. The van der Waals surface area contributed by atoms with Gasteiger partial charge >= 0.3 is 5.97 Å². The van der Waals surface area contributed by atoms with E-state index in [0.717, 1.165) is 16.7 Å². The molecule has 1 amide bonds. The Bertz CT molecular complexity index is 1270. The number of aliphatic imine (C=N–C) groups is 1. The summed E-state index contributed by atoms with van der Waals surface area (Å²) in [7, 11) is 0. The highest BCUT2D eigenvalue weighted by molar-refractivity contribution is 6.00. The standard InChI is InChI=1S/C30H40N4O6/c1-6-40-27(38)13-20(19-7-18(2)8-22(9-19)30(3,4)5)11-25(36)15-31-28(39)21-10-23(14-24(35)12-21)34-29-32-16-26(37)17-33-29/h7-10,12,14,20,26,35,37H,6,11,13,15-17H2,1-5H3,(H,31,39)(H2,32,33,34). The fourth-order valence-corrected chi connectivity index (χ4v) is 4.40. The van der Waals surface area contributed by atoms with Gasteiger partial charge in [0, 0.05) is 36.2 Å². The molecule has 0 saturated heterocycles. The van der Waals surface area contributed by atoms with Crippen LogP contribution in [-0.2, 0) is 19.7 Å². The molecular formula is C30H40N4O6. The molecule has 1 heterocycles. The monoisotopic (exact) mass is 552 g/mol. The number of Topliss-reactive ketones (excluding diaryl/α,β-unsaturated/α-hetero) is 1. The number of amides is 1. The number of phenolic OH excluding ortho intramolecular Hbond substituents is 1. The number of aliphatic hydroxyl groups is 1. The molecule has 0 fully saturated rings. The zero-order valence-electron chi connectivity index (χ0n) is 23.8. The van der Waals surface area contributed by atoms with Crippen molar-refractivity contribution in [3.63, 3.8) is 0 Å². The molecular weight excluding hydrogens is 512 g/mol. The Morgan fingerprint density at radius 2 is 1.88 bits per heavy atom. The minimum atomic E-state index is -0.572. The smallest absolute Gasteiger partial charge is 0.306 e. The number of phenols is 1. The number of guanidine groups is 1. The van der Waals surface area contributed by atoms with E-state index in [1.165, 1.54) is 18.2 Å². The van der Waals surface area contributed by atoms with Crippen LogP contribution in [0.25, 0.3) is 0 Å². The Labute approximate surface area is 235 Å². The van der Waals surface area contributed by atoms with Crippen LogP contribution >= 0.6 is 0 Å². The second kappa shape index (κ2) is 13.4. The quantitative estimate of drug-likeness (QED) is 0.282. The molecule has 2 atom stereocenters. The minimum Gasteiger partial charge on any atom is -0.508 e. The highest BCUT2D eigenvalue weighted by atomic mass is 16.5. The van der Waals surface area contributed by atoms with Gasteiger partial charge in [0.05, 0.1) is 32.2 Å². The van der Waals surface area contributed by atoms with Crippen molar-refractivity contribution in [2.75, 3.05) is 31.6 Å². The number of anilines is 1. The van der Waals surface area contributed by atoms with E-state index in [0.29, 0.717) is 18.2 Å². The van der Waals surface area contributed by atoms with Crippen molar-refractivity contribution >= 4 is 29.3 Å². The van der Waals surface area contributed by atoms with Crippen molar-refractivity contribution in [2.24, 2.45) is 4.99 Å². The van der Waals surface area contributed by atoms with Crippen LogP contribution in [0.15, 0.2) is 41.4 Å². The van der Waals surface area contributed by atoms with Crippen LogP contribution in [0.1, 0.15) is 73.5 Å². The normalized spacial score (nSPS) is 15.8. The van der Waals surface area contributed by atoms with E-state index >= 15 is 0 Å². The van der Waals surface area contributed by atoms with Crippen molar-refractivity contribution < 1.29 is 29.3 Å². The first-order chi connectivity index (χ1) is 18.8. The molecule has 10 heteroatoms. The van der Waals surface area contributed by atoms with Crippen molar-refractivity contribution in [1.82, 2.24) is 10.6 Å². The van der Waals surface area contributed by atoms with Gasteiger partial charge in [-0.1, -0.05) is 44.5 Å². The van der Waals surface area contributed by atoms with Crippen molar-refractivity contribution in [3.8, 4) is 5.75 Å². The summed E-state index contributed by atoms with van der Waals surface area (Å²) in [5.41, 5.74) is 3.49. The number of hydrogen-bond donors (Lipinski definition) is 5. The van der Waals surface area contributed by atoms with E-state index in [1.54, 1.807) is 6.92 Å². The number of esters is 1. The predicted molar refractivity (Wildman–Crippen MR) is 154 cm³/mol. The van der Waals surface area contributed by atoms with Gasteiger partial charge in [0.2, 0.25) is 0 Å². The summed E-state index contributed by atoms with van der Waals surface area (Å²) >= 11 is 0. The van der Waals surface area contributed by atoms with Gasteiger partial charge in [-0.15, -0.1) is 0 Å². The molecule has 1 aliphatic heterocycles. The van der Waals surface area contributed by atoms with Crippen LogP contribution < -0.4 is 16.0 Å². The number of carbonyl (C=O) groups excluding carboxylic acids is 3. The summed E-state index contributed by atoms with van der Waals surface area (Å²) in [4.78, 5) is 42.4. The van der Waals surface area contributed by atoms with E-state index in [2.05, 4.69) is 47.8 Å². The zero-order chi connectivity index (χ0) is 29.4. The number of hydrogen-bond acceptors (Lipinski definition) is 9. The van der Waals surface area contributed by atoms with Gasteiger partial charge in [-0.3, -0.25) is 19.4 Å². The average molecular weight is 553 g/mol. The van der Waals surface area contributed by atoms with Crippen molar-refractivity contribution in [3.05, 3.63) is 58.7 Å². The zero-order valence-corrected chi connectivity index (χ0v) is 23.8. The third-order valence-corrected chi connectivity index (χ3v) is 6.48. The van der Waals surface area contributed by atoms with Crippen LogP contribution in [0, 0.1) is 6.92 Å². The van der Waals surface area contributed by atoms with Gasteiger partial charge in [0.15, 0.2) is 11.7 Å². The maximum Gasteiger partial charge on any atom is 0.306 e. The molecule has 0 aromatic heterocycles. The van der Waals surface area contributed by atoms with E-state index in [1.807, 2.05) is 19.1 Å². The maximum atomic E-state index is 13.0. The highest BCUT2D eigenvalue weighted by Crippen LogP contribution is 2.31. The number of ether oxygens (including phenoxy) is 1. The summed E-state index contributed by atoms with van der Waals surface area (Å²) < 4.78 is 5.17. The fraction of sp³-hybridized carbons (Fsp3) is 0.467. The number of nitrogens with zero attached hydrogens (tertiary/aromatic N) is 1. The second-order valence-electron chi connectivity index (χ2n) is 11.1. The molecule has 0 bridgehead atoms. The molecule has 216 valence electrons. The first-order valence-corrected chi connectivity index (χ1v) is 13.5. The van der Waals surface area contributed by atoms with Gasteiger partial charge < -0.3 is 30.9 Å². The third kappa shape index (κ3) is 9.08. The topological polar surface area (TPSA) is 149 Å². The number of rotatable bonds is 10. The van der Waals surface area contributed by atoms with Gasteiger partial charge in [-0.2, -0.15) is 0 Å². The number of aromatic hydroxyl groups is 1. The summed E-state index contributed by atoms with van der Waals surface area (Å²) in [6, 6.07) is 10.4. The molecule has 2 aromatic carbocycles. The molecule has 5 N–H and O–H groups in total. The summed E-state index contributed by atoms with van der Waals surface area (Å²) in [6.45, 7) is 10.6. The fourth-order valence-electron chi connectivity index (χ4n) is 4.40. The van der Waals surface area contributed by atoms with Crippen LogP contribution in [0.4, 0.5) is 5.69 Å². The lowest BCUT2D eigenvalue weighted by molar-refractivity contribution is -0.143. The number of nitrogens with one attached hydrogen (secondary N) is 3. The number of aliphatic hydroxyl groups excluding tert-OH is 1. The van der Waals surface area contributed by atoms with E-state index in [9.17, 15) is 24.6 Å². The number of carbonyl (C=O) groups is 3. The highest BCUT2D eigenvalue weighted by Gasteiger charge is 2.24. The van der Waals surface area contributed by atoms with Crippen LogP contribution in [0.3, 0.4) is 0 Å². The SMILES string of the molecule is CCOC(=O)CC(CC(=O)CNC(=O)c1cc(O)cc(NC2=NCC(O)CN2)c1)c1cc(C)cc(C(C)(C)C)c1. The minimum absolute atomic E-state index is 0.0519. The lowest BCUT2D eigenvalue weighted by atomic mass is 9.81. The largest absolute Gasteiger partial charge is 0.508 e. The summed E-state index contributed by atoms with van der Waals surface area (Å²) in [5, 5.41) is 28.2. The van der Waals surface area contributed by atoms with Crippen LogP contribution in [0.2, 0.25) is 0 Å². The maximum absolute atomic E-state index is 13.0. The summed E-state index contributed by atoms with van der Waals surface area (Å²) in [5.74, 6) is -1.27. The van der Waals surface area contributed by atoms with Gasteiger partial charge in [-0.05, 0) is 42.5 Å². The Balaban J connectivity index is 1.70. The van der Waals surface area contributed by atoms with Crippen LogP contribution in [-0.4, -0.2) is 66.2 Å². The first-order valence-electron chi connectivity index (χ1n) is 13.5. The third-order valence-electron chi connectivity index (χ3n) is 6.48. The lowest BCUT2D eigenvalue weighted by Crippen LogP contribution is -2.42. The molecule has 1 aliphatic rings. The van der Waals surface area contributed by atoms with E-state index in [-0.39, 0.29) is 61.0 Å². The number of β-amino-alcohol motifs (C(OH)–C–C–N with tert-alkyl or cyclic N) is 1. The molecule has 2 unspecified atom stereocenters. The molecule has 0 saturated carbocycles.